The van der Waals surface area contributed by atoms with Crippen molar-refractivity contribution in [3.8, 4) is 6.01 Å². The molecule has 0 amide bonds. The number of allylic oxidation sites excluding steroid dienone is 1. The van der Waals surface area contributed by atoms with Gasteiger partial charge in [-0.1, -0.05) is 40.9 Å². The summed E-state index contributed by atoms with van der Waals surface area (Å²) in [6, 6.07) is 10.4. The Kier molecular flexibility index (Phi) is 4.06. The lowest BCUT2D eigenvalue weighted by Gasteiger charge is -2.00. The lowest BCUT2D eigenvalue weighted by Crippen LogP contribution is -2.33. The molecule has 0 radical (unpaired) electrons. The molecular formula is C16H16ClN4O+. The molecule has 0 aliphatic heterocycles. The molecule has 0 bridgehead atoms. The van der Waals surface area contributed by atoms with Crippen molar-refractivity contribution in [3.63, 3.8) is 0 Å². The van der Waals surface area contributed by atoms with Crippen LogP contribution < -0.4 is 9.30 Å². The third-order valence-corrected chi connectivity index (χ3v) is 3.61. The van der Waals surface area contributed by atoms with E-state index in [9.17, 15) is 0 Å². The number of ether oxygens (including phenoxy) is 1. The molecule has 3 rings (SSSR count). The summed E-state index contributed by atoms with van der Waals surface area (Å²) in [5.41, 5.74) is 3.07. The van der Waals surface area contributed by atoms with E-state index < -0.39 is 0 Å². The zero-order valence-electron chi connectivity index (χ0n) is 12.2. The second-order valence-corrected chi connectivity index (χ2v) is 5.23. The Morgan fingerprint density at radius 3 is 2.91 bits per heavy atom. The minimum atomic E-state index is 0.492. The average molecular weight is 316 g/mol. The highest BCUT2D eigenvalue weighted by molar-refractivity contribution is 6.29. The first-order chi connectivity index (χ1) is 10.7. The summed E-state index contributed by atoms with van der Waals surface area (Å²) in [5, 5.41) is 5.02. The molecule has 0 aliphatic rings. The van der Waals surface area contributed by atoms with Crippen LogP contribution >= 0.6 is 11.6 Å². The number of aromatic nitrogens is 4. The van der Waals surface area contributed by atoms with Crippen molar-refractivity contribution in [2.75, 3.05) is 7.11 Å². The molecule has 0 saturated carbocycles. The molecule has 112 valence electrons. The quantitative estimate of drug-likeness (QED) is 0.413. The van der Waals surface area contributed by atoms with Gasteiger partial charge in [0.2, 0.25) is 0 Å². The van der Waals surface area contributed by atoms with Gasteiger partial charge in [0.15, 0.2) is 0 Å². The number of fused-ring (bicyclic) bond motifs is 1. The Morgan fingerprint density at radius 1 is 1.36 bits per heavy atom. The van der Waals surface area contributed by atoms with E-state index in [1.54, 1.807) is 19.4 Å². The monoisotopic (exact) mass is 315 g/mol. The normalized spacial score (nSPS) is 10.8. The average Bonchev–Trinajstić information content (AvgIpc) is 2.89. The second kappa shape index (κ2) is 6.15. The number of hydrogen-bond acceptors (Lipinski definition) is 3. The molecule has 3 heterocycles. The van der Waals surface area contributed by atoms with Crippen LogP contribution in [-0.2, 0) is 13.0 Å². The molecule has 5 nitrogen and oxygen atoms in total. The maximum Gasteiger partial charge on any atom is 0.469 e. The van der Waals surface area contributed by atoms with E-state index in [0.717, 1.165) is 16.9 Å². The predicted octanol–water partition coefficient (Wildman–Crippen LogP) is 2.46. The van der Waals surface area contributed by atoms with Gasteiger partial charge in [0.05, 0.1) is 18.8 Å². The van der Waals surface area contributed by atoms with Crippen LogP contribution in [0.1, 0.15) is 11.3 Å². The maximum absolute atomic E-state index is 5.83. The molecule has 3 aromatic heterocycles. The first kappa shape index (κ1) is 14.5. The highest BCUT2D eigenvalue weighted by atomic mass is 35.5. The van der Waals surface area contributed by atoms with Crippen LogP contribution in [0, 0.1) is 0 Å². The smallest absolute Gasteiger partial charge is 0.442 e. The Labute approximate surface area is 133 Å². The van der Waals surface area contributed by atoms with Crippen molar-refractivity contribution in [2.45, 2.75) is 13.0 Å². The van der Waals surface area contributed by atoms with Crippen LogP contribution in [0.4, 0.5) is 0 Å². The molecular weight excluding hydrogens is 300 g/mol. The van der Waals surface area contributed by atoms with E-state index in [-0.39, 0.29) is 0 Å². The minimum Gasteiger partial charge on any atom is -0.442 e. The number of halogens is 1. The Hall–Kier alpha value is -2.40. The standard InChI is InChI=1S/C16H16ClN4O/c1-3-9-20-15-6-4-5-13(21(15)19-16(20)22-2)10-12-7-8-14(17)18-11-12/h3-8,11H,1,9-10H2,2H3/q+1. The van der Waals surface area contributed by atoms with Crippen molar-refractivity contribution in [2.24, 2.45) is 0 Å². The summed E-state index contributed by atoms with van der Waals surface area (Å²) in [7, 11) is 1.62. The molecule has 0 saturated heterocycles. The van der Waals surface area contributed by atoms with Crippen LogP contribution in [0.2, 0.25) is 5.15 Å². The van der Waals surface area contributed by atoms with Crippen molar-refractivity contribution in [1.29, 1.82) is 0 Å². The summed E-state index contributed by atoms with van der Waals surface area (Å²) in [4.78, 5) is 4.12. The molecule has 22 heavy (non-hydrogen) atoms. The number of pyridine rings is 2. The van der Waals surface area contributed by atoms with Crippen LogP contribution in [-0.4, -0.2) is 21.7 Å². The van der Waals surface area contributed by atoms with E-state index >= 15 is 0 Å². The second-order valence-electron chi connectivity index (χ2n) is 4.84. The molecule has 0 aromatic carbocycles. The van der Waals surface area contributed by atoms with Gasteiger partial charge in [0.1, 0.15) is 10.8 Å². The summed E-state index contributed by atoms with van der Waals surface area (Å²) < 4.78 is 9.21. The Morgan fingerprint density at radius 2 is 2.23 bits per heavy atom. The molecule has 0 atom stereocenters. The third-order valence-electron chi connectivity index (χ3n) is 3.38. The SMILES string of the molecule is C=CC[n+]1c(OC)nn2c(Cc3ccc(Cl)nc3)cccc21. The van der Waals surface area contributed by atoms with Gasteiger partial charge in [-0.25, -0.2) is 4.98 Å². The zero-order valence-corrected chi connectivity index (χ0v) is 13.0. The van der Waals surface area contributed by atoms with Crippen molar-refractivity contribution in [1.82, 2.24) is 14.6 Å². The van der Waals surface area contributed by atoms with Crippen molar-refractivity contribution < 1.29 is 9.30 Å². The maximum atomic E-state index is 5.83. The van der Waals surface area contributed by atoms with Crippen LogP contribution in [0.15, 0.2) is 49.2 Å². The minimum absolute atomic E-state index is 0.492. The first-order valence-electron chi connectivity index (χ1n) is 6.88. The van der Waals surface area contributed by atoms with Gasteiger partial charge < -0.3 is 4.74 Å². The van der Waals surface area contributed by atoms with E-state index in [1.165, 1.54) is 0 Å². The van der Waals surface area contributed by atoms with Gasteiger partial charge in [-0.3, -0.25) is 0 Å². The molecule has 0 aliphatic carbocycles. The lowest BCUT2D eigenvalue weighted by atomic mass is 10.1. The summed E-state index contributed by atoms with van der Waals surface area (Å²) in [6.07, 6.45) is 4.31. The van der Waals surface area contributed by atoms with Crippen molar-refractivity contribution >= 4 is 17.2 Å². The van der Waals surface area contributed by atoms with Gasteiger partial charge >= 0.3 is 6.01 Å². The molecule has 3 aromatic rings. The van der Waals surface area contributed by atoms with Crippen LogP contribution in [0.3, 0.4) is 0 Å². The predicted molar refractivity (Wildman–Crippen MR) is 84.2 cm³/mol. The van der Waals surface area contributed by atoms with E-state index in [1.807, 2.05) is 39.4 Å². The topological polar surface area (TPSA) is 43.3 Å². The Balaban J connectivity index is 2.06. The van der Waals surface area contributed by atoms with Gasteiger partial charge in [-0.2, -0.15) is 4.57 Å². The Bertz CT molecular complexity index is 811. The van der Waals surface area contributed by atoms with Crippen LogP contribution in [0.25, 0.3) is 5.65 Å². The largest absolute Gasteiger partial charge is 0.469 e. The van der Waals surface area contributed by atoms with Gasteiger partial charge in [0, 0.05) is 18.7 Å². The molecule has 0 N–H and O–H groups in total. The number of nitrogens with zero attached hydrogens (tertiary/aromatic N) is 4. The third kappa shape index (κ3) is 2.67. The molecule has 0 unspecified atom stereocenters. The highest BCUT2D eigenvalue weighted by Crippen LogP contribution is 2.14. The number of hydrogen-bond donors (Lipinski definition) is 0. The highest BCUT2D eigenvalue weighted by Gasteiger charge is 2.22. The summed E-state index contributed by atoms with van der Waals surface area (Å²) in [6.45, 7) is 4.42. The van der Waals surface area contributed by atoms with Crippen LogP contribution in [0.5, 0.6) is 6.01 Å². The first-order valence-corrected chi connectivity index (χ1v) is 7.26. The molecule has 0 fully saturated rings. The van der Waals surface area contributed by atoms with Gasteiger partial charge in [-0.05, 0) is 17.7 Å². The van der Waals surface area contributed by atoms with Crippen molar-refractivity contribution in [3.05, 3.63) is 65.6 Å². The zero-order chi connectivity index (χ0) is 15.5. The molecule has 6 heteroatoms. The van der Waals surface area contributed by atoms with E-state index in [4.69, 9.17) is 16.3 Å². The fraction of sp³-hybridized carbons (Fsp3) is 0.188. The number of rotatable bonds is 5. The van der Waals surface area contributed by atoms with Gasteiger partial charge in [0.25, 0.3) is 5.65 Å². The number of methoxy groups -OCH3 is 1. The fourth-order valence-corrected chi connectivity index (χ4v) is 2.51. The van der Waals surface area contributed by atoms with Gasteiger partial charge in [-0.15, -0.1) is 0 Å². The van der Waals surface area contributed by atoms with E-state index in [2.05, 4.69) is 16.7 Å². The summed E-state index contributed by atoms with van der Waals surface area (Å²) >= 11 is 5.83. The lowest BCUT2D eigenvalue weighted by molar-refractivity contribution is -0.667. The summed E-state index contributed by atoms with van der Waals surface area (Å²) in [5.74, 6) is 0. The molecule has 0 spiro atoms. The fourth-order valence-electron chi connectivity index (χ4n) is 2.40. The van der Waals surface area contributed by atoms with E-state index in [0.29, 0.717) is 24.1 Å².